The van der Waals surface area contributed by atoms with E-state index in [9.17, 15) is 18.0 Å². The van der Waals surface area contributed by atoms with Crippen molar-refractivity contribution in [3.05, 3.63) is 124 Å². The first-order valence-electron chi connectivity index (χ1n) is 13.6. The lowest BCUT2D eigenvalue weighted by Gasteiger charge is -2.33. The number of benzene rings is 4. The monoisotopic (exact) mass is 663 g/mol. The first-order chi connectivity index (χ1) is 20.6. The van der Waals surface area contributed by atoms with Crippen molar-refractivity contribution in [2.24, 2.45) is 0 Å². The second kappa shape index (κ2) is 14.3. The first-order valence-corrected chi connectivity index (χ1v) is 15.9. The molecule has 0 radical (unpaired) electrons. The molecule has 0 spiro atoms. The van der Waals surface area contributed by atoms with E-state index in [2.05, 4.69) is 21.2 Å². The van der Waals surface area contributed by atoms with E-state index >= 15 is 0 Å². The standard InChI is InChI=1S/C33H34BrN3O5S/c1-24-15-17-30(18-16-24)43(40,41)37(28-13-8-14-29(21-28)42-3)23-32(38)36(22-26-11-7-12-27(34)19-26)31(33(39)35-2)20-25-9-5-4-6-10-25/h4-19,21,31H,20,22-23H2,1-3H3,(H,35,39)/t31-/m1/s1. The van der Waals surface area contributed by atoms with Gasteiger partial charge in [0.1, 0.15) is 18.3 Å². The molecule has 1 N–H and O–H groups in total. The number of halogens is 1. The Labute approximate surface area is 261 Å². The molecule has 0 heterocycles. The van der Waals surface area contributed by atoms with Crippen molar-refractivity contribution in [3.8, 4) is 5.75 Å². The summed E-state index contributed by atoms with van der Waals surface area (Å²) < 4.78 is 35.4. The van der Waals surface area contributed by atoms with Crippen LogP contribution in [0, 0.1) is 6.92 Å². The summed E-state index contributed by atoms with van der Waals surface area (Å²) in [6, 6.07) is 28.9. The summed E-state index contributed by atoms with van der Waals surface area (Å²) in [6.45, 7) is 1.41. The molecule has 10 heteroatoms. The summed E-state index contributed by atoms with van der Waals surface area (Å²) in [5, 5.41) is 2.69. The van der Waals surface area contributed by atoms with E-state index in [1.807, 2.05) is 61.5 Å². The molecule has 4 aromatic rings. The first kappa shape index (κ1) is 31.8. The van der Waals surface area contributed by atoms with Crippen LogP contribution < -0.4 is 14.4 Å². The molecule has 0 aromatic heterocycles. The number of hydrogen-bond acceptors (Lipinski definition) is 5. The molecule has 0 fully saturated rings. The van der Waals surface area contributed by atoms with E-state index in [4.69, 9.17) is 4.74 Å². The predicted octanol–water partition coefficient (Wildman–Crippen LogP) is 5.35. The van der Waals surface area contributed by atoms with Gasteiger partial charge in [0.15, 0.2) is 0 Å². The lowest BCUT2D eigenvalue weighted by atomic mass is 10.0. The summed E-state index contributed by atoms with van der Waals surface area (Å²) in [4.78, 5) is 29.2. The van der Waals surface area contributed by atoms with E-state index in [1.165, 1.54) is 31.2 Å². The number of aryl methyl sites for hydroxylation is 1. The Kier molecular flexibility index (Phi) is 10.6. The van der Waals surface area contributed by atoms with Gasteiger partial charge in [-0.3, -0.25) is 13.9 Å². The SMILES string of the molecule is CNC(=O)[C@@H](Cc1ccccc1)N(Cc1cccc(Br)c1)C(=O)CN(c1cccc(OC)c1)S(=O)(=O)c1ccc(C)cc1. The Bertz CT molecular complexity index is 1660. The van der Waals surface area contributed by atoms with Gasteiger partial charge in [-0.2, -0.15) is 0 Å². The number of methoxy groups -OCH3 is 1. The lowest BCUT2D eigenvalue weighted by molar-refractivity contribution is -0.139. The fourth-order valence-electron chi connectivity index (χ4n) is 4.68. The Morgan fingerprint density at radius 1 is 0.884 bits per heavy atom. The van der Waals surface area contributed by atoms with Gasteiger partial charge in [-0.05, 0) is 54.4 Å². The van der Waals surface area contributed by atoms with Crippen LogP contribution in [0.15, 0.2) is 112 Å². The third-order valence-electron chi connectivity index (χ3n) is 6.99. The minimum Gasteiger partial charge on any atom is -0.497 e. The van der Waals surface area contributed by atoms with E-state index in [0.717, 1.165) is 25.5 Å². The molecule has 0 unspecified atom stereocenters. The van der Waals surface area contributed by atoms with Gasteiger partial charge in [0.2, 0.25) is 11.8 Å². The van der Waals surface area contributed by atoms with Crippen molar-refractivity contribution in [2.75, 3.05) is 25.0 Å². The van der Waals surface area contributed by atoms with Crippen LogP contribution in [-0.2, 0) is 32.6 Å². The van der Waals surface area contributed by atoms with Gasteiger partial charge in [-0.1, -0.05) is 82.2 Å². The summed E-state index contributed by atoms with van der Waals surface area (Å²) in [5.41, 5.74) is 2.80. The maximum Gasteiger partial charge on any atom is 0.264 e. The number of likely N-dealkylation sites (N-methyl/N-ethyl adjacent to an activating group) is 1. The number of anilines is 1. The lowest BCUT2D eigenvalue weighted by Crippen LogP contribution is -2.53. The molecule has 1 atom stereocenters. The molecule has 4 aromatic carbocycles. The highest BCUT2D eigenvalue weighted by Gasteiger charge is 2.34. The minimum absolute atomic E-state index is 0.0411. The predicted molar refractivity (Wildman–Crippen MR) is 171 cm³/mol. The van der Waals surface area contributed by atoms with Crippen molar-refractivity contribution in [1.82, 2.24) is 10.2 Å². The summed E-state index contributed by atoms with van der Waals surface area (Å²) >= 11 is 3.48. The number of sulfonamides is 1. The van der Waals surface area contributed by atoms with Crippen LogP contribution in [-0.4, -0.2) is 51.9 Å². The van der Waals surface area contributed by atoms with Crippen molar-refractivity contribution >= 4 is 43.5 Å². The molecule has 4 rings (SSSR count). The topological polar surface area (TPSA) is 96.0 Å². The highest BCUT2D eigenvalue weighted by molar-refractivity contribution is 9.10. The molecule has 0 saturated heterocycles. The average Bonchev–Trinajstić information content (AvgIpc) is 3.01. The van der Waals surface area contributed by atoms with Gasteiger partial charge >= 0.3 is 0 Å². The molecule has 2 amide bonds. The number of amides is 2. The van der Waals surface area contributed by atoms with Crippen molar-refractivity contribution in [2.45, 2.75) is 30.8 Å². The van der Waals surface area contributed by atoms with Crippen LogP contribution in [0.5, 0.6) is 5.75 Å². The number of nitrogens with one attached hydrogen (secondary N) is 1. The van der Waals surface area contributed by atoms with Gasteiger partial charge in [0.05, 0.1) is 17.7 Å². The van der Waals surface area contributed by atoms with Crippen LogP contribution >= 0.6 is 15.9 Å². The minimum atomic E-state index is -4.19. The third kappa shape index (κ3) is 8.03. The van der Waals surface area contributed by atoms with Crippen molar-refractivity contribution in [3.63, 3.8) is 0 Å². The highest BCUT2D eigenvalue weighted by Crippen LogP contribution is 2.28. The zero-order valence-electron chi connectivity index (χ0n) is 24.2. The van der Waals surface area contributed by atoms with Gasteiger partial charge < -0.3 is 15.0 Å². The van der Waals surface area contributed by atoms with Crippen molar-refractivity contribution < 1.29 is 22.7 Å². The van der Waals surface area contributed by atoms with Gasteiger partial charge in [0.25, 0.3) is 10.0 Å². The van der Waals surface area contributed by atoms with Crippen LogP contribution in [0.1, 0.15) is 16.7 Å². The summed E-state index contributed by atoms with van der Waals surface area (Å²) in [6.07, 6.45) is 0.240. The average molecular weight is 665 g/mol. The molecule has 0 aliphatic rings. The molecule has 0 aliphatic heterocycles. The quantitative estimate of drug-likeness (QED) is 0.221. The number of hydrogen-bond donors (Lipinski definition) is 1. The molecular formula is C33H34BrN3O5S. The second-order valence-electron chi connectivity index (χ2n) is 10.00. The van der Waals surface area contributed by atoms with Gasteiger partial charge in [-0.25, -0.2) is 8.42 Å². The van der Waals surface area contributed by atoms with E-state index in [-0.39, 0.29) is 29.5 Å². The Hall–Kier alpha value is -4.15. The smallest absolute Gasteiger partial charge is 0.264 e. The maximum atomic E-state index is 14.4. The zero-order chi connectivity index (χ0) is 31.0. The number of nitrogens with zero attached hydrogens (tertiary/aromatic N) is 2. The number of rotatable bonds is 12. The Morgan fingerprint density at radius 2 is 1.56 bits per heavy atom. The Balaban J connectivity index is 1.80. The summed E-state index contributed by atoms with van der Waals surface area (Å²) in [5.74, 6) is -0.461. The van der Waals surface area contributed by atoms with Crippen LogP contribution in [0.2, 0.25) is 0 Å². The fraction of sp³-hybridized carbons (Fsp3) is 0.212. The third-order valence-corrected chi connectivity index (χ3v) is 9.27. The molecule has 43 heavy (non-hydrogen) atoms. The van der Waals surface area contributed by atoms with Crippen LogP contribution in [0.3, 0.4) is 0 Å². The van der Waals surface area contributed by atoms with E-state index < -0.39 is 28.5 Å². The van der Waals surface area contributed by atoms with E-state index in [1.54, 1.807) is 36.4 Å². The maximum absolute atomic E-state index is 14.4. The molecule has 8 nitrogen and oxygen atoms in total. The van der Waals surface area contributed by atoms with Crippen molar-refractivity contribution in [1.29, 1.82) is 0 Å². The molecule has 0 aliphatic carbocycles. The second-order valence-corrected chi connectivity index (χ2v) is 12.8. The normalized spacial score (nSPS) is 11.8. The van der Waals surface area contributed by atoms with E-state index in [0.29, 0.717) is 5.75 Å². The number of ether oxygens (including phenoxy) is 1. The molecular weight excluding hydrogens is 630 g/mol. The Morgan fingerprint density at radius 3 is 2.21 bits per heavy atom. The fourth-order valence-corrected chi connectivity index (χ4v) is 6.54. The van der Waals surface area contributed by atoms with Gasteiger partial charge in [-0.15, -0.1) is 0 Å². The molecule has 224 valence electrons. The van der Waals surface area contributed by atoms with Gasteiger partial charge in [0, 0.05) is 30.6 Å². The molecule has 0 bridgehead atoms. The van der Waals surface area contributed by atoms with Crippen LogP contribution in [0.4, 0.5) is 5.69 Å². The van der Waals surface area contributed by atoms with Crippen LogP contribution in [0.25, 0.3) is 0 Å². The number of carbonyl (C=O) groups is 2. The largest absolute Gasteiger partial charge is 0.497 e. The highest BCUT2D eigenvalue weighted by atomic mass is 79.9. The number of carbonyl (C=O) groups excluding carboxylic acids is 2. The summed E-state index contributed by atoms with van der Waals surface area (Å²) in [7, 11) is -1.19. The zero-order valence-corrected chi connectivity index (χ0v) is 26.6. The molecule has 0 saturated carbocycles.